The van der Waals surface area contributed by atoms with Crippen molar-refractivity contribution < 1.29 is 0 Å². The summed E-state index contributed by atoms with van der Waals surface area (Å²) in [5.41, 5.74) is 0. The van der Waals surface area contributed by atoms with Gasteiger partial charge in [0.25, 0.3) is 0 Å². The van der Waals surface area contributed by atoms with Gasteiger partial charge in [-0.05, 0) is 38.0 Å². The summed E-state index contributed by atoms with van der Waals surface area (Å²) in [6.07, 6.45) is 11.6. The molecule has 1 N–H and O–H groups in total. The van der Waals surface area contributed by atoms with Gasteiger partial charge in [-0.1, -0.05) is 26.2 Å². The molecule has 0 radical (unpaired) electrons. The molecule has 0 aromatic rings. The average Bonchev–Trinajstić information content (AvgIpc) is 3.23. The quantitative estimate of drug-likeness (QED) is 0.810. The highest BCUT2D eigenvalue weighted by atomic mass is 15.3. The topological polar surface area (TPSA) is 15.3 Å². The molecule has 1 saturated heterocycles. The fraction of sp³-hybridized carbons (Fsp3) is 1.00. The predicted molar refractivity (Wildman–Crippen MR) is 72.2 cm³/mol. The van der Waals surface area contributed by atoms with Crippen LogP contribution in [0.4, 0.5) is 0 Å². The molecule has 0 bridgehead atoms. The lowest BCUT2D eigenvalue weighted by Gasteiger charge is -2.46. The van der Waals surface area contributed by atoms with E-state index < -0.39 is 0 Å². The van der Waals surface area contributed by atoms with Crippen LogP contribution >= 0.6 is 0 Å². The molecule has 2 nitrogen and oxygen atoms in total. The Balaban J connectivity index is 1.63. The highest BCUT2D eigenvalue weighted by molar-refractivity contribution is 4.96. The summed E-state index contributed by atoms with van der Waals surface area (Å²) >= 11 is 0. The lowest BCUT2D eigenvalue weighted by atomic mass is 9.91. The first-order chi connectivity index (χ1) is 8.38. The Kier molecular flexibility index (Phi) is 3.72. The summed E-state index contributed by atoms with van der Waals surface area (Å²) in [5.74, 6) is 1.01. The van der Waals surface area contributed by atoms with Gasteiger partial charge in [0, 0.05) is 31.2 Å². The standard InChI is InChI=1S/C15H28N2/c1-2-13-10-16-15(12-8-9-12)11-17(13)14-6-4-3-5-7-14/h12-16H,2-11H2,1H3. The number of hydrogen-bond acceptors (Lipinski definition) is 2. The van der Waals surface area contributed by atoms with Gasteiger partial charge in [0.1, 0.15) is 0 Å². The van der Waals surface area contributed by atoms with E-state index in [9.17, 15) is 0 Å². The van der Waals surface area contributed by atoms with Gasteiger partial charge in [-0.15, -0.1) is 0 Å². The Labute approximate surface area is 106 Å². The first-order valence-electron chi connectivity index (χ1n) is 7.87. The third kappa shape index (κ3) is 2.68. The van der Waals surface area contributed by atoms with E-state index in [1.165, 1.54) is 64.5 Å². The summed E-state index contributed by atoms with van der Waals surface area (Å²) in [6.45, 7) is 4.95. The Hall–Kier alpha value is -0.0800. The van der Waals surface area contributed by atoms with Crippen LogP contribution in [-0.4, -0.2) is 36.1 Å². The number of nitrogens with zero attached hydrogens (tertiary/aromatic N) is 1. The number of rotatable bonds is 3. The number of hydrogen-bond donors (Lipinski definition) is 1. The molecule has 2 aliphatic carbocycles. The minimum atomic E-state index is 0.813. The summed E-state index contributed by atoms with van der Waals surface area (Å²) < 4.78 is 0. The molecule has 1 heterocycles. The molecule has 2 heteroatoms. The van der Waals surface area contributed by atoms with Crippen molar-refractivity contribution in [2.45, 2.75) is 76.4 Å². The van der Waals surface area contributed by atoms with Crippen molar-refractivity contribution in [1.29, 1.82) is 0 Å². The van der Waals surface area contributed by atoms with E-state index in [0.717, 1.165) is 24.0 Å². The van der Waals surface area contributed by atoms with E-state index >= 15 is 0 Å². The van der Waals surface area contributed by atoms with E-state index in [1.54, 1.807) is 0 Å². The predicted octanol–water partition coefficient (Wildman–Crippen LogP) is 2.78. The molecule has 0 aromatic heterocycles. The number of piperazine rings is 1. The van der Waals surface area contributed by atoms with Gasteiger partial charge in [-0.25, -0.2) is 0 Å². The molecule has 0 spiro atoms. The van der Waals surface area contributed by atoms with Gasteiger partial charge in [0.2, 0.25) is 0 Å². The Morgan fingerprint density at radius 3 is 2.47 bits per heavy atom. The Morgan fingerprint density at radius 2 is 1.82 bits per heavy atom. The van der Waals surface area contributed by atoms with E-state index in [1.807, 2.05) is 0 Å². The fourth-order valence-corrected chi connectivity index (χ4v) is 3.90. The van der Waals surface area contributed by atoms with Gasteiger partial charge >= 0.3 is 0 Å². The molecule has 2 atom stereocenters. The summed E-state index contributed by atoms with van der Waals surface area (Å²) in [6, 6.07) is 2.55. The van der Waals surface area contributed by atoms with Crippen LogP contribution in [0, 0.1) is 5.92 Å². The van der Waals surface area contributed by atoms with E-state index in [2.05, 4.69) is 17.1 Å². The molecule has 0 aromatic carbocycles. The third-order valence-corrected chi connectivity index (χ3v) is 5.20. The average molecular weight is 236 g/mol. The van der Waals surface area contributed by atoms with Gasteiger partial charge in [0.05, 0.1) is 0 Å². The van der Waals surface area contributed by atoms with Gasteiger partial charge in [-0.2, -0.15) is 0 Å². The molecule has 2 unspecified atom stereocenters. The van der Waals surface area contributed by atoms with Crippen LogP contribution in [0.25, 0.3) is 0 Å². The summed E-state index contributed by atoms with van der Waals surface area (Å²) in [7, 11) is 0. The molecule has 98 valence electrons. The highest BCUT2D eigenvalue weighted by Gasteiger charge is 2.38. The Bertz CT molecular complexity index is 243. The largest absolute Gasteiger partial charge is 0.311 e. The molecule has 3 fully saturated rings. The van der Waals surface area contributed by atoms with E-state index in [0.29, 0.717) is 0 Å². The molecule has 3 aliphatic rings. The first kappa shape index (κ1) is 12.0. The van der Waals surface area contributed by atoms with Gasteiger partial charge in [-0.3, -0.25) is 4.90 Å². The second kappa shape index (κ2) is 5.27. The highest BCUT2D eigenvalue weighted by Crippen LogP contribution is 2.36. The molecular formula is C15H28N2. The normalized spacial score (nSPS) is 37.2. The SMILES string of the molecule is CCC1CNC(C2CC2)CN1C1CCCCC1. The van der Waals surface area contributed by atoms with Crippen LogP contribution in [0.3, 0.4) is 0 Å². The van der Waals surface area contributed by atoms with Crippen molar-refractivity contribution in [2.75, 3.05) is 13.1 Å². The maximum absolute atomic E-state index is 3.81. The minimum absolute atomic E-state index is 0.813. The zero-order valence-corrected chi connectivity index (χ0v) is 11.3. The van der Waals surface area contributed by atoms with Crippen molar-refractivity contribution in [3.05, 3.63) is 0 Å². The van der Waals surface area contributed by atoms with Crippen LogP contribution in [0.2, 0.25) is 0 Å². The monoisotopic (exact) mass is 236 g/mol. The van der Waals surface area contributed by atoms with Crippen LogP contribution in [0.1, 0.15) is 58.3 Å². The second-order valence-electron chi connectivity index (χ2n) is 6.40. The maximum Gasteiger partial charge on any atom is 0.0224 e. The van der Waals surface area contributed by atoms with Crippen LogP contribution in [0.15, 0.2) is 0 Å². The zero-order chi connectivity index (χ0) is 11.7. The first-order valence-corrected chi connectivity index (χ1v) is 7.87. The molecule has 1 aliphatic heterocycles. The van der Waals surface area contributed by atoms with Crippen LogP contribution < -0.4 is 5.32 Å². The Morgan fingerprint density at radius 1 is 1.06 bits per heavy atom. The molecule has 2 saturated carbocycles. The van der Waals surface area contributed by atoms with Gasteiger partial charge < -0.3 is 5.32 Å². The smallest absolute Gasteiger partial charge is 0.0224 e. The van der Waals surface area contributed by atoms with Crippen molar-refractivity contribution in [3.63, 3.8) is 0 Å². The zero-order valence-electron chi connectivity index (χ0n) is 11.3. The van der Waals surface area contributed by atoms with E-state index in [-0.39, 0.29) is 0 Å². The number of nitrogens with one attached hydrogen (secondary N) is 1. The molecule has 0 amide bonds. The third-order valence-electron chi connectivity index (χ3n) is 5.20. The molecule has 3 rings (SSSR count). The van der Waals surface area contributed by atoms with Crippen LogP contribution in [-0.2, 0) is 0 Å². The van der Waals surface area contributed by atoms with Crippen molar-refractivity contribution in [3.8, 4) is 0 Å². The molecule has 17 heavy (non-hydrogen) atoms. The fourth-order valence-electron chi connectivity index (χ4n) is 3.90. The lowest BCUT2D eigenvalue weighted by molar-refractivity contribution is 0.0550. The maximum atomic E-state index is 3.81. The summed E-state index contributed by atoms with van der Waals surface area (Å²) in [5, 5.41) is 3.81. The minimum Gasteiger partial charge on any atom is -0.311 e. The molecular weight excluding hydrogens is 208 g/mol. The van der Waals surface area contributed by atoms with Crippen molar-refractivity contribution >= 4 is 0 Å². The van der Waals surface area contributed by atoms with Crippen molar-refractivity contribution in [2.24, 2.45) is 5.92 Å². The van der Waals surface area contributed by atoms with Gasteiger partial charge in [0.15, 0.2) is 0 Å². The van der Waals surface area contributed by atoms with Crippen molar-refractivity contribution in [1.82, 2.24) is 10.2 Å². The second-order valence-corrected chi connectivity index (χ2v) is 6.40. The summed E-state index contributed by atoms with van der Waals surface area (Å²) in [4.78, 5) is 2.89. The van der Waals surface area contributed by atoms with Crippen LogP contribution in [0.5, 0.6) is 0 Å². The van der Waals surface area contributed by atoms with E-state index in [4.69, 9.17) is 0 Å². The lowest BCUT2D eigenvalue weighted by Crippen LogP contribution is -2.60.